The van der Waals surface area contributed by atoms with Gasteiger partial charge in [-0.05, 0) is 42.8 Å². The molecule has 3 N–H and O–H groups in total. The lowest BCUT2D eigenvalue weighted by molar-refractivity contribution is -0.137. The number of hydrogen-bond donors (Lipinski definition) is 3. The molecule has 9 heteroatoms. The number of likely N-dealkylation sites (N-methyl/N-ethyl adjacent to an activating group) is 1. The first-order chi connectivity index (χ1) is 12.1. The number of nitrogens with one attached hydrogen (secondary N) is 2. The van der Waals surface area contributed by atoms with Crippen molar-refractivity contribution in [1.29, 1.82) is 0 Å². The Labute approximate surface area is 148 Å². The van der Waals surface area contributed by atoms with Gasteiger partial charge in [-0.3, -0.25) is 4.79 Å². The van der Waals surface area contributed by atoms with E-state index >= 15 is 0 Å². The number of alkyl halides is 3. The molecule has 0 spiro atoms. The zero-order valence-corrected chi connectivity index (χ0v) is 14.5. The van der Waals surface area contributed by atoms with Gasteiger partial charge in [-0.25, -0.2) is 0 Å². The summed E-state index contributed by atoms with van der Waals surface area (Å²) in [6.45, 7) is 3.82. The van der Waals surface area contributed by atoms with Crippen LogP contribution < -0.4 is 10.6 Å². The molecule has 2 rings (SSSR count). The minimum absolute atomic E-state index is 0.0675. The maximum atomic E-state index is 12.8. The molecule has 0 aliphatic rings. The smallest absolute Gasteiger partial charge is 0.416 e. The van der Waals surface area contributed by atoms with Gasteiger partial charge in [0, 0.05) is 5.56 Å². The van der Waals surface area contributed by atoms with Crippen LogP contribution in [0.5, 0.6) is 5.75 Å². The highest BCUT2D eigenvalue weighted by Gasteiger charge is 2.31. The predicted molar refractivity (Wildman–Crippen MR) is 90.8 cm³/mol. The molecule has 1 amide bonds. The molecule has 0 radical (unpaired) electrons. The summed E-state index contributed by atoms with van der Waals surface area (Å²) < 4.78 is 38.3. The monoisotopic (exact) mass is 368 g/mol. The number of anilines is 1. The summed E-state index contributed by atoms with van der Waals surface area (Å²) in [4.78, 5) is 11.6. The molecule has 2 aromatic rings. The Bertz CT molecular complexity index is 807. The van der Waals surface area contributed by atoms with Crippen LogP contribution in [0.4, 0.5) is 19.0 Å². The number of hydrogen-bond acceptors (Lipinski definition) is 5. The van der Waals surface area contributed by atoms with Crippen LogP contribution in [0.2, 0.25) is 0 Å². The number of phenols is 1. The highest BCUT2D eigenvalue weighted by molar-refractivity contribution is 5.91. The second kappa shape index (κ2) is 7.69. The third-order valence-corrected chi connectivity index (χ3v) is 3.63. The van der Waals surface area contributed by atoms with E-state index in [1.807, 2.05) is 13.8 Å². The van der Waals surface area contributed by atoms with Crippen LogP contribution in [-0.2, 0) is 11.0 Å². The molecule has 140 valence electrons. The van der Waals surface area contributed by atoms with Crippen LogP contribution in [0.1, 0.15) is 30.9 Å². The average molecular weight is 368 g/mol. The Morgan fingerprint density at radius 2 is 1.92 bits per heavy atom. The number of benzene rings is 1. The molecular weight excluding hydrogens is 349 g/mol. The van der Waals surface area contributed by atoms with E-state index in [0.717, 1.165) is 12.1 Å². The van der Waals surface area contributed by atoms with Crippen LogP contribution >= 0.6 is 0 Å². The Hall–Kier alpha value is -2.68. The highest BCUT2D eigenvalue weighted by atomic mass is 19.4. The Kier molecular flexibility index (Phi) is 5.81. The largest absolute Gasteiger partial charge is 0.507 e. The van der Waals surface area contributed by atoms with Crippen molar-refractivity contribution in [3.05, 3.63) is 35.4 Å². The third kappa shape index (κ3) is 4.48. The molecule has 0 aliphatic heterocycles. The number of amides is 1. The first kappa shape index (κ1) is 19.6. The van der Waals surface area contributed by atoms with E-state index in [0.29, 0.717) is 11.6 Å². The lowest BCUT2D eigenvalue weighted by Gasteiger charge is -2.15. The van der Waals surface area contributed by atoms with Gasteiger partial charge in [-0.2, -0.15) is 13.2 Å². The van der Waals surface area contributed by atoms with Gasteiger partial charge in [-0.1, -0.05) is 13.8 Å². The summed E-state index contributed by atoms with van der Waals surface area (Å²) in [6, 6.07) is 4.29. The molecule has 1 heterocycles. The van der Waals surface area contributed by atoms with Gasteiger partial charge >= 0.3 is 6.18 Å². The van der Waals surface area contributed by atoms with Gasteiger partial charge < -0.3 is 15.7 Å². The molecule has 0 bridgehead atoms. The quantitative estimate of drug-likeness (QED) is 0.755. The van der Waals surface area contributed by atoms with E-state index in [9.17, 15) is 23.1 Å². The van der Waals surface area contributed by atoms with Crippen LogP contribution in [-0.4, -0.2) is 34.8 Å². The Morgan fingerprint density at radius 3 is 2.46 bits per heavy atom. The van der Waals surface area contributed by atoms with Gasteiger partial charge in [0.2, 0.25) is 5.91 Å². The SMILES string of the molecule is CNCC(=O)Nc1cc(C(C)C)c(-c2ccc(C(F)(F)F)cc2O)nn1. The van der Waals surface area contributed by atoms with Crippen molar-refractivity contribution in [2.75, 3.05) is 18.9 Å². The minimum atomic E-state index is -4.55. The van der Waals surface area contributed by atoms with Gasteiger partial charge in [0.25, 0.3) is 0 Å². The normalized spacial score (nSPS) is 11.7. The zero-order valence-electron chi connectivity index (χ0n) is 14.5. The summed E-state index contributed by atoms with van der Waals surface area (Å²) in [5, 5.41) is 23.2. The Morgan fingerprint density at radius 1 is 1.23 bits per heavy atom. The van der Waals surface area contributed by atoms with Gasteiger partial charge in [0.15, 0.2) is 5.82 Å². The van der Waals surface area contributed by atoms with E-state index in [1.54, 1.807) is 13.1 Å². The summed E-state index contributed by atoms with van der Waals surface area (Å²) in [5.74, 6) is -0.684. The fourth-order valence-corrected chi connectivity index (χ4v) is 2.37. The number of phenolic OH excluding ortho intramolecular Hbond substituents is 1. The van der Waals surface area contributed by atoms with E-state index in [-0.39, 0.29) is 35.4 Å². The number of halogens is 3. The lowest BCUT2D eigenvalue weighted by Crippen LogP contribution is -2.25. The first-order valence-corrected chi connectivity index (χ1v) is 7.86. The van der Waals surface area contributed by atoms with E-state index in [4.69, 9.17) is 0 Å². The van der Waals surface area contributed by atoms with Gasteiger partial charge in [0.05, 0.1) is 12.1 Å². The fourth-order valence-electron chi connectivity index (χ4n) is 2.37. The van der Waals surface area contributed by atoms with E-state index in [2.05, 4.69) is 20.8 Å². The van der Waals surface area contributed by atoms with Gasteiger partial charge in [0.1, 0.15) is 11.4 Å². The van der Waals surface area contributed by atoms with Crippen molar-refractivity contribution >= 4 is 11.7 Å². The van der Waals surface area contributed by atoms with Crippen molar-refractivity contribution in [3.8, 4) is 17.0 Å². The van der Waals surface area contributed by atoms with Crippen molar-refractivity contribution in [2.24, 2.45) is 0 Å². The maximum absolute atomic E-state index is 12.8. The average Bonchev–Trinajstić information content (AvgIpc) is 2.54. The molecule has 1 aromatic heterocycles. The van der Waals surface area contributed by atoms with Crippen LogP contribution in [0.15, 0.2) is 24.3 Å². The molecule has 0 saturated heterocycles. The predicted octanol–water partition coefficient (Wildman–Crippen LogP) is 3.15. The van der Waals surface area contributed by atoms with Crippen molar-refractivity contribution in [1.82, 2.24) is 15.5 Å². The van der Waals surface area contributed by atoms with Crippen molar-refractivity contribution < 1.29 is 23.1 Å². The van der Waals surface area contributed by atoms with Crippen LogP contribution in [0.25, 0.3) is 11.3 Å². The summed E-state index contributed by atoms with van der Waals surface area (Å²) >= 11 is 0. The highest BCUT2D eigenvalue weighted by Crippen LogP contribution is 2.38. The van der Waals surface area contributed by atoms with E-state index < -0.39 is 17.5 Å². The molecule has 1 aromatic carbocycles. The number of carbonyl (C=O) groups excluding carboxylic acids is 1. The second-order valence-electron chi connectivity index (χ2n) is 6.00. The van der Waals surface area contributed by atoms with Crippen molar-refractivity contribution in [3.63, 3.8) is 0 Å². The number of aromatic nitrogens is 2. The molecule has 0 unspecified atom stereocenters. The number of carbonyl (C=O) groups is 1. The minimum Gasteiger partial charge on any atom is -0.507 e. The molecule has 0 aliphatic carbocycles. The molecular formula is C17H19F3N4O2. The van der Waals surface area contributed by atoms with Crippen LogP contribution in [0.3, 0.4) is 0 Å². The van der Waals surface area contributed by atoms with Gasteiger partial charge in [-0.15, -0.1) is 10.2 Å². The molecule has 6 nitrogen and oxygen atoms in total. The first-order valence-electron chi connectivity index (χ1n) is 7.86. The molecule has 0 atom stereocenters. The maximum Gasteiger partial charge on any atom is 0.416 e. The number of aromatic hydroxyl groups is 1. The van der Waals surface area contributed by atoms with E-state index in [1.165, 1.54) is 0 Å². The molecule has 26 heavy (non-hydrogen) atoms. The topological polar surface area (TPSA) is 87.1 Å². The standard InChI is InChI=1S/C17H19F3N4O2/c1-9(2)12-7-14(22-15(26)8-21-3)23-24-16(12)11-5-4-10(6-13(11)25)17(18,19)20/h4-7,9,21,25H,8H2,1-3H3,(H,22,23,26). The van der Waals surface area contributed by atoms with Crippen molar-refractivity contribution in [2.45, 2.75) is 25.9 Å². The number of nitrogens with zero attached hydrogens (tertiary/aromatic N) is 2. The van der Waals surface area contributed by atoms with Crippen LogP contribution in [0, 0.1) is 0 Å². The molecule has 0 fully saturated rings. The number of rotatable bonds is 5. The molecule has 0 saturated carbocycles. The summed E-state index contributed by atoms with van der Waals surface area (Å²) in [7, 11) is 1.63. The Balaban J connectivity index is 2.45. The third-order valence-electron chi connectivity index (χ3n) is 3.63. The lowest BCUT2D eigenvalue weighted by atomic mass is 9.96. The summed E-state index contributed by atoms with van der Waals surface area (Å²) in [6.07, 6.45) is -4.55. The fraction of sp³-hybridized carbons (Fsp3) is 0.353. The summed E-state index contributed by atoms with van der Waals surface area (Å²) in [5.41, 5.74) is 0.0868. The zero-order chi connectivity index (χ0) is 19.5. The second-order valence-corrected chi connectivity index (χ2v) is 6.00.